The maximum absolute atomic E-state index is 5.72. The normalized spacial score (nSPS) is 17.7. The van der Waals surface area contributed by atoms with Gasteiger partial charge in [0.1, 0.15) is 5.82 Å². The van der Waals surface area contributed by atoms with Crippen molar-refractivity contribution in [3.05, 3.63) is 5.82 Å². The van der Waals surface area contributed by atoms with E-state index >= 15 is 0 Å². The van der Waals surface area contributed by atoms with Gasteiger partial charge < -0.3 is 10.5 Å². The number of hydrogen-bond donors (Lipinski definition) is 2. The molecule has 7 nitrogen and oxygen atoms in total. The number of nitrogens with two attached hydrogens (primary N) is 1. The monoisotopic (exact) mass is 252 g/mol. The molecule has 0 saturated carbocycles. The van der Waals surface area contributed by atoms with E-state index in [0.29, 0.717) is 25.0 Å². The first-order chi connectivity index (χ1) is 8.45. The van der Waals surface area contributed by atoms with E-state index in [1.165, 1.54) is 0 Å². The molecule has 1 aliphatic rings. The van der Waals surface area contributed by atoms with Gasteiger partial charge in [0, 0.05) is 18.5 Å². The fourth-order valence-corrected chi connectivity index (χ4v) is 1.59. The van der Waals surface area contributed by atoms with E-state index in [-0.39, 0.29) is 11.4 Å². The Morgan fingerprint density at radius 3 is 2.44 bits per heavy atom. The summed E-state index contributed by atoms with van der Waals surface area (Å²) in [7, 11) is 0. The van der Waals surface area contributed by atoms with Crippen molar-refractivity contribution in [1.82, 2.24) is 20.0 Å². The zero-order valence-corrected chi connectivity index (χ0v) is 11.1. The van der Waals surface area contributed by atoms with E-state index < -0.39 is 0 Å². The predicted molar refractivity (Wildman–Crippen MR) is 69.0 cm³/mol. The Bertz CT molecular complexity index is 410. The van der Waals surface area contributed by atoms with Crippen molar-refractivity contribution in [2.45, 2.75) is 26.2 Å². The van der Waals surface area contributed by atoms with Crippen LogP contribution in [0.3, 0.4) is 0 Å². The maximum atomic E-state index is 5.72. The number of aromatic nitrogens is 3. The molecule has 2 heterocycles. The predicted octanol–water partition coefficient (Wildman–Crippen LogP) is 0.410. The smallest absolute Gasteiger partial charge is 0.242 e. The Kier molecular flexibility index (Phi) is 3.63. The Morgan fingerprint density at radius 1 is 1.17 bits per heavy atom. The van der Waals surface area contributed by atoms with Crippen molar-refractivity contribution in [3.8, 4) is 0 Å². The number of anilines is 2. The molecule has 0 unspecified atom stereocenters. The highest BCUT2D eigenvalue weighted by Gasteiger charge is 2.20. The lowest BCUT2D eigenvalue weighted by molar-refractivity contribution is 0.0492. The lowest BCUT2D eigenvalue weighted by Gasteiger charge is -2.27. The van der Waals surface area contributed by atoms with E-state index in [0.717, 1.165) is 13.1 Å². The van der Waals surface area contributed by atoms with Crippen molar-refractivity contribution >= 4 is 11.9 Å². The fraction of sp³-hybridized carbons (Fsp3) is 0.727. The van der Waals surface area contributed by atoms with Crippen LogP contribution < -0.4 is 11.2 Å². The Labute approximate surface area is 107 Å². The molecule has 0 radical (unpaired) electrons. The molecule has 1 fully saturated rings. The van der Waals surface area contributed by atoms with Gasteiger partial charge in [-0.25, -0.2) is 5.01 Å². The molecule has 0 bridgehead atoms. The summed E-state index contributed by atoms with van der Waals surface area (Å²) < 4.78 is 5.28. The third-order valence-electron chi connectivity index (χ3n) is 2.59. The summed E-state index contributed by atoms with van der Waals surface area (Å²) in [4.78, 5) is 12.7. The van der Waals surface area contributed by atoms with Crippen LogP contribution in [0.4, 0.5) is 11.9 Å². The van der Waals surface area contributed by atoms with Gasteiger partial charge in [-0.2, -0.15) is 15.0 Å². The zero-order chi connectivity index (χ0) is 13.2. The van der Waals surface area contributed by atoms with Gasteiger partial charge >= 0.3 is 0 Å². The number of morpholine rings is 1. The van der Waals surface area contributed by atoms with Crippen LogP contribution in [0.2, 0.25) is 0 Å². The molecule has 100 valence electrons. The number of rotatable bonds is 2. The molecule has 3 N–H and O–H groups in total. The molecule has 1 aromatic heterocycles. The van der Waals surface area contributed by atoms with Crippen molar-refractivity contribution < 1.29 is 4.74 Å². The average Bonchev–Trinajstić information content (AvgIpc) is 2.28. The Morgan fingerprint density at radius 2 is 1.83 bits per heavy atom. The highest BCUT2D eigenvalue weighted by Crippen LogP contribution is 2.19. The molecule has 0 aliphatic carbocycles. The standard InChI is InChI=1S/C11H20N6O/c1-11(2,3)8-13-9(12)15-10(14-8)16-17-4-6-18-7-5-17/h4-7H2,1-3H3,(H3,12,13,14,15,16). The van der Waals surface area contributed by atoms with Gasteiger partial charge in [0.25, 0.3) is 0 Å². The second-order valence-electron chi connectivity index (χ2n) is 5.30. The summed E-state index contributed by atoms with van der Waals surface area (Å²) >= 11 is 0. The molecule has 7 heteroatoms. The van der Waals surface area contributed by atoms with Crippen LogP contribution in [0.15, 0.2) is 0 Å². The lowest BCUT2D eigenvalue weighted by Crippen LogP contribution is -2.41. The molecular weight excluding hydrogens is 232 g/mol. The maximum Gasteiger partial charge on any atom is 0.242 e. The third kappa shape index (κ3) is 3.27. The van der Waals surface area contributed by atoms with E-state index in [1.807, 2.05) is 25.8 Å². The summed E-state index contributed by atoms with van der Waals surface area (Å²) in [6.45, 7) is 9.15. The SMILES string of the molecule is CC(C)(C)c1nc(N)nc(NN2CCOCC2)n1. The summed E-state index contributed by atoms with van der Waals surface area (Å²) in [6, 6.07) is 0. The van der Waals surface area contributed by atoms with Crippen molar-refractivity contribution in [3.63, 3.8) is 0 Å². The molecule has 0 aromatic carbocycles. The molecule has 0 amide bonds. The van der Waals surface area contributed by atoms with Crippen LogP contribution in [-0.4, -0.2) is 46.3 Å². The Balaban J connectivity index is 2.14. The van der Waals surface area contributed by atoms with Gasteiger partial charge in [-0.15, -0.1) is 0 Å². The molecule has 0 spiro atoms. The molecule has 1 aromatic rings. The molecule has 0 atom stereocenters. The second kappa shape index (κ2) is 5.03. The first-order valence-electron chi connectivity index (χ1n) is 6.06. The van der Waals surface area contributed by atoms with Gasteiger partial charge in [0.05, 0.1) is 13.2 Å². The van der Waals surface area contributed by atoms with Crippen LogP contribution in [0.5, 0.6) is 0 Å². The van der Waals surface area contributed by atoms with E-state index in [4.69, 9.17) is 10.5 Å². The Hall–Kier alpha value is -1.47. The molecule has 1 aliphatic heterocycles. The first kappa shape index (κ1) is 13.0. The molecule has 1 saturated heterocycles. The van der Waals surface area contributed by atoms with Crippen molar-refractivity contribution in [1.29, 1.82) is 0 Å². The summed E-state index contributed by atoms with van der Waals surface area (Å²) in [5.41, 5.74) is 8.71. The average molecular weight is 252 g/mol. The highest BCUT2D eigenvalue weighted by atomic mass is 16.5. The number of nitrogens with one attached hydrogen (secondary N) is 1. The van der Waals surface area contributed by atoms with Gasteiger partial charge in [-0.1, -0.05) is 20.8 Å². The van der Waals surface area contributed by atoms with Crippen LogP contribution in [-0.2, 0) is 10.2 Å². The van der Waals surface area contributed by atoms with Crippen molar-refractivity contribution in [2.75, 3.05) is 37.5 Å². The molecule has 18 heavy (non-hydrogen) atoms. The number of nitrogen functional groups attached to an aromatic ring is 1. The van der Waals surface area contributed by atoms with Crippen LogP contribution in [0, 0.1) is 0 Å². The minimum Gasteiger partial charge on any atom is -0.379 e. The van der Waals surface area contributed by atoms with Gasteiger partial charge in [0.15, 0.2) is 0 Å². The number of hydrazine groups is 1. The summed E-state index contributed by atoms with van der Waals surface area (Å²) in [6.07, 6.45) is 0. The fourth-order valence-electron chi connectivity index (χ4n) is 1.59. The first-order valence-corrected chi connectivity index (χ1v) is 6.06. The summed E-state index contributed by atoms with van der Waals surface area (Å²) in [5.74, 6) is 1.42. The number of hydrogen-bond acceptors (Lipinski definition) is 7. The lowest BCUT2D eigenvalue weighted by atomic mass is 9.96. The minimum absolute atomic E-state index is 0.154. The van der Waals surface area contributed by atoms with Crippen LogP contribution in [0.25, 0.3) is 0 Å². The minimum atomic E-state index is -0.154. The molecular formula is C11H20N6O. The highest BCUT2D eigenvalue weighted by molar-refractivity contribution is 5.31. The zero-order valence-electron chi connectivity index (χ0n) is 11.1. The van der Waals surface area contributed by atoms with Gasteiger partial charge in [0.2, 0.25) is 11.9 Å². The topological polar surface area (TPSA) is 89.2 Å². The van der Waals surface area contributed by atoms with Crippen molar-refractivity contribution in [2.24, 2.45) is 0 Å². The van der Waals surface area contributed by atoms with E-state index in [2.05, 4.69) is 20.4 Å². The van der Waals surface area contributed by atoms with Crippen LogP contribution in [0.1, 0.15) is 26.6 Å². The molecule has 2 rings (SSSR count). The van der Waals surface area contributed by atoms with E-state index in [1.54, 1.807) is 0 Å². The number of ether oxygens (including phenoxy) is 1. The van der Waals surface area contributed by atoms with Crippen LogP contribution >= 0.6 is 0 Å². The van der Waals surface area contributed by atoms with Gasteiger partial charge in [-0.3, -0.25) is 5.43 Å². The third-order valence-corrected chi connectivity index (χ3v) is 2.59. The number of nitrogens with zero attached hydrogens (tertiary/aromatic N) is 4. The summed E-state index contributed by atoms with van der Waals surface area (Å²) in [5, 5.41) is 2.02. The second-order valence-corrected chi connectivity index (χ2v) is 5.30. The largest absolute Gasteiger partial charge is 0.379 e. The van der Waals surface area contributed by atoms with Gasteiger partial charge in [-0.05, 0) is 0 Å². The quantitative estimate of drug-likeness (QED) is 0.788. The van der Waals surface area contributed by atoms with E-state index in [9.17, 15) is 0 Å².